The van der Waals surface area contributed by atoms with Gasteiger partial charge in [0.05, 0.1) is 12.1 Å². The quantitative estimate of drug-likeness (QED) is 0.586. The first-order valence-corrected chi connectivity index (χ1v) is 8.01. The van der Waals surface area contributed by atoms with Crippen LogP contribution in [0.25, 0.3) is 0 Å². The van der Waals surface area contributed by atoms with Crippen molar-refractivity contribution in [2.24, 2.45) is 0 Å². The monoisotopic (exact) mass is 357 g/mol. The number of esters is 1. The van der Waals surface area contributed by atoms with E-state index in [9.17, 15) is 18.8 Å². The van der Waals surface area contributed by atoms with Gasteiger partial charge in [-0.05, 0) is 24.3 Å². The first-order valence-electron chi connectivity index (χ1n) is 8.01. The van der Waals surface area contributed by atoms with Gasteiger partial charge < -0.3 is 14.4 Å². The molecule has 0 aliphatic carbocycles. The molecule has 0 aromatic heterocycles. The van der Waals surface area contributed by atoms with Gasteiger partial charge in [-0.25, -0.2) is 4.39 Å². The third-order valence-electron chi connectivity index (χ3n) is 3.86. The highest BCUT2D eigenvalue weighted by Crippen LogP contribution is 2.31. The zero-order valence-electron chi connectivity index (χ0n) is 13.8. The SMILES string of the molecule is O=C(CCN1C(=O)COc2ccccc21)OCC(=O)c1cccc(F)c1. The molecule has 0 fully saturated rings. The number of benzene rings is 2. The van der Waals surface area contributed by atoms with E-state index in [0.717, 1.165) is 6.07 Å². The summed E-state index contributed by atoms with van der Waals surface area (Å²) in [6, 6.07) is 12.2. The van der Waals surface area contributed by atoms with Crippen molar-refractivity contribution >= 4 is 23.3 Å². The van der Waals surface area contributed by atoms with Gasteiger partial charge in [-0.1, -0.05) is 24.3 Å². The molecule has 6 nitrogen and oxygen atoms in total. The molecule has 0 saturated carbocycles. The Hall–Kier alpha value is -3.22. The van der Waals surface area contributed by atoms with Gasteiger partial charge in [-0.3, -0.25) is 14.4 Å². The second-order valence-corrected chi connectivity index (χ2v) is 5.65. The van der Waals surface area contributed by atoms with E-state index in [1.807, 2.05) is 0 Å². The minimum atomic E-state index is -0.619. The maximum atomic E-state index is 13.1. The largest absolute Gasteiger partial charge is 0.482 e. The van der Waals surface area contributed by atoms with Gasteiger partial charge in [0.15, 0.2) is 19.0 Å². The molecule has 1 amide bonds. The molecule has 0 spiro atoms. The van der Waals surface area contributed by atoms with Crippen LogP contribution in [-0.4, -0.2) is 37.4 Å². The summed E-state index contributed by atoms with van der Waals surface area (Å²) in [6.45, 7) is -0.452. The van der Waals surface area contributed by atoms with E-state index < -0.39 is 24.2 Å². The van der Waals surface area contributed by atoms with Gasteiger partial charge in [-0.15, -0.1) is 0 Å². The van der Waals surface area contributed by atoms with Crippen molar-refractivity contribution in [2.45, 2.75) is 6.42 Å². The second kappa shape index (κ2) is 7.77. The Morgan fingerprint density at radius 3 is 2.77 bits per heavy atom. The van der Waals surface area contributed by atoms with Crippen LogP contribution in [0.15, 0.2) is 48.5 Å². The van der Waals surface area contributed by atoms with Gasteiger partial charge in [0.25, 0.3) is 5.91 Å². The molecule has 1 aliphatic rings. The Labute approximate surface area is 149 Å². The van der Waals surface area contributed by atoms with Gasteiger partial charge in [0, 0.05) is 12.1 Å². The standard InChI is InChI=1S/C19H16FNO5/c20-14-5-3-4-13(10-14)16(22)11-26-19(24)8-9-21-15-6-1-2-7-17(15)25-12-18(21)23/h1-7,10H,8-9,11-12H2. The Morgan fingerprint density at radius 1 is 1.15 bits per heavy atom. The topological polar surface area (TPSA) is 72.9 Å². The molecule has 0 atom stereocenters. The molecule has 134 valence electrons. The highest BCUT2D eigenvalue weighted by molar-refractivity contribution is 5.99. The van der Waals surface area contributed by atoms with E-state index in [2.05, 4.69) is 0 Å². The van der Waals surface area contributed by atoms with E-state index in [0.29, 0.717) is 11.4 Å². The van der Waals surface area contributed by atoms with Crippen LogP contribution in [0, 0.1) is 5.82 Å². The lowest BCUT2D eigenvalue weighted by Crippen LogP contribution is -2.40. The van der Waals surface area contributed by atoms with E-state index in [4.69, 9.17) is 9.47 Å². The highest BCUT2D eigenvalue weighted by atomic mass is 19.1. The molecule has 2 aromatic carbocycles. The molecule has 0 radical (unpaired) electrons. The molecule has 0 N–H and O–H groups in total. The molecule has 0 saturated heterocycles. The number of para-hydroxylation sites is 2. The molecule has 1 aliphatic heterocycles. The summed E-state index contributed by atoms with van der Waals surface area (Å²) in [7, 11) is 0. The van der Waals surface area contributed by atoms with E-state index in [1.54, 1.807) is 24.3 Å². The fourth-order valence-corrected chi connectivity index (χ4v) is 2.57. The third kappa shape index (κ3) is 4.05. The molecule has 7 heteroatoms. The number of Topliss-reactive ketones (excluding diaryl/α,β-unsaturated/α-hetero) is 1. The van der Waals surface area contributed by atoms with Crippen LogP contribution in [0.1, 0.15) is 16.8 Å². The van der Waals surface area contributed by atoms with Gasteiger partial charge in [-0.2, -0.15) is 0 Å². The number of nitrogens with zero attached hydrogens (tertiary/aromatic N) is 1. The number of anilines is 1. The summed E-state index contributed by atoms with van der Waals surface area (Å²) in [5.41, 5.74) is 0.725. The number of ether oxygens (including phenoxy) is 2. The van der Waals surface area contributed by atoms with Gasteiger partial charge >= 0.3 is 5.97 Å². The van der Waals surface area contributed by atoms with E-state index >= 15 is 0 Å². The molecular formula is C19H16FNO5. The summed E-state index contributed by atoms with van der Waals surface area (Å²) in [4.78, 5) is 37.3. The minimum Gasteiger partial charge on any atom is -0.482 e. The number of fused-ring (bicyclic) bond motifs is 1. The predicted molar refractivity (Wildman–Crippen MR) is 90.6 cm³/mol. The van der Waals surface area contributed by atoms with E-state index in [1.165, 1.54) is 23.1 Å². The van der Waals surface area contributed by atoms with Crippen molar-refractivity contribution in [1.29, 1.82) is 0 Å². The number of carbonyl (C=O) groups is 3. The molecular weight excluding hydrogens is 341 g/mol. The second-order valence-electron chi connectivity index (χ2n) is 5.65. The van der Waals surface area contributed by atoms with Crippen LogP contribution in [-0.2, 0) is 14.3 Å². The summed E-state index contributed by atoms with van der Waals surface area (Å²) in [5.74, 6) is -1.34. The Bertz CT molecular complexity index is 851. The van der Waals surface area contributed by atoms with Crippen LogP contribution < -0.4 is 9.64 Å². The van der Waals surface area contributed by atoms with Crippen molar-refractivity contribution in [1.82, 2.24) is 0 Å². The summed E-state index contributed by atoms with van der Waals surface area (Å²) in [6.07, 6.45) is -0.0729. The molecule has 26 heavy (non-hydrogen) atoms. The van der Waals surface area contributed by atoms with Crippen molar-refractivity contribution in [3.05, 3.63) is 59.9 Å². The first-order chi connectivity index (χ1) is 12.5. The smallest absolute Gasteiger partial charge is 0.308 e. The number of halogens is 1. The Balaban J connectivity index is 1.53. The van der Waals surface area contributed by atoms with Crippen LogP contribution in [0.4, 0.5) is 10.1 Å². The number of amides is 1. The first kappa shape index (κ1) is 17.6. The fourth-order valence-electron chi connectivity index (χ4n) is 2.57. The number of carbonyl (C=O) groups excluding carboxylic acids is 3. The lowest BCUT2D eigenvalue weighted by atomic mass is 10.1. The van der Waals surface area contributed by atoms with Crippen LogP contribution in [0.5, 0.6) is 5.75 Å². The minimum absolute atomic E-state index is 0.0729. The zero-order chi connectivity index (χ0) is 18.5. The number of ketones is 1. The molecule has 0 bridgehead atoms. The van der Waals surface area contributed by atoms with Crippen molar-refractivity contribution in [3.63, 3.8) is 0 Å². The lowest BCUT2D eigenvalue weighted by molar-refractivity contribution is -0.142. The van der Waals surface area contributed by atoms with Crippen molar-refractivity contribution in [2.75, 3.05) is 24.7 Å². The maximum Gasteiger partial charge on any atom is 0.308 e. The molecule has 2 aromatic rings. The lowest BCUT2D eigenvalue weighted by Gasteiger charge is -2.28. The van der Waals surface area contributed by atoms with Gasteiger partial charge in [0.2, 0.25) is 0 Å². The predicted octanol–water partition coefficient (Wildman–Crippen LogP) is 2.37. The fraction of sp³-hybridized carbons (Fsp3) is 0.211. The number of hydrogen-bond acceptors (Lipinski definition) is 5. The Morgan fingerprint density at radius 2 is 1.96 bits per heavy atom. The highest BCUT2D eigenvalue weighted by Gasteiger charge is 2.25. The number of hydrogen-bond donors (Lipinski definition) is 0. The maximum absolute atomic E-state index is 13.1. The third-order valence-corrected chi connectivity index (χ3v) is 3.86. The summed E-state index contributed by atoms with van der Waals surface area (Å²) < 4.78 is 23.4. The van der Waals surface area contributed by atoms with E-state index in [-0.39, 0.29) is 31.0 Å². The summed E-state index contributed by atoms with van der Waals surface area (Å²) in [5, 5.41) is 0. The average molecular weight is 357 g/mol. The van der Waals surface area contributed by atoms with Crippen LogP contribution in [0.2, 0.25) is 0 Å². The van der Waals surface area contributed by atoms with Crippen molar-refractivity contribution in [3.8, 4) is 5.75 Å². The van der Waals surface area contributed by atoms with Crippen LogP contribution >= 0.6 is 0 Å². The zero-order valence-corrected chi connectivity index (χ0v) is 13.8. The summed E-state index contributed by atoms with van der Waals surface area (Å²) >= 11 is 0. The Kier molecular flexibility index (Phi) is 5.26. The molecule has 0 unspecified atom stereocenters. The van der Waals surface area contributed by atoms with Crippen LogP contribution in [0.3, 0.4) is 0 Å². The molecule has 1 heterocycles. The van der Waals surface area contributed by atoms with Crippen molar-refractivity contribution < 1.29 is 28.2 Å². The number of rotatable bonds is 6. The normalized spacial score (nSPS) is 13.0. The average Bonchev–Trinajstić information content (AvgIpc) is 2.65. The van der Waals surface area contributed by atoms with Gasteiger partial charge in [0.1, 0.15) is 11.6 Å². The molecule has 3 rings (SSSR count).